The van der Waals surface area contributed by atoms with Crippen molar-refractivity contribution in [2.24, 2.45) is 5.73 Å². The van der Waals surface area contributed by atoms with Crippen LogP contribution in [0.5, 0.6) is 0 Å². The van der Waals surface area contributed by atoms with Crippen molar-refractivity contribution in [2.45, 2.75) is 0 Å². The van der Waals surface area contributed by atoms with Gasteiger partial charge in [0.15, 0.2) is 0 Å². The van der Waals surface area contributed by atoms with E-state index in [4.69, 9.17) is 10.2 Å². The van der Waals surface area contributed by atoms with Crippen LogP contribution < -0.4 is 5.73 Å². The van der Waals surface area contributed by atoms with Crippen molar-refractivity contribution in [3.05, 3.63) is 36.1 Å². The number of benzene rings is 1. The minimum absolute atomic E-state index is 0.216. The molecule has 4 nitrogen and oxygen atoms in total. The lowest BCUT2D eigenvalue weighted by atomic mass is 10.1. The predicted molar refractivity (Wildman–Crippen MR) is 49.7 cm³/mol. The van der Waals surface area contributed by atoms with E-state index in [0.717, 1.165) is 0 Å². The zero-order valence-corrected chi connectivity index (χ0v) is 7.19. The third-order valence-electron chi connectivity index (χ3n) is 1.95. The van der Waals surface area contributed by atoms with Crippen molar-refractivity contribution >= 4 is 22.7 Å². The van der Waals surface area contributed by atoms with Crippen LogP contribution in [-0.2, 0) is 4.79 Å². The summed E-state index contributed by atoms with van der Waals surface area (Å²) in [6.07, 6.45) is 1.25. The van der Waals surface area contributed by atoms with E-state index >= 15 is 0 Å². The van der Waals surface area contributed by atoms with Gasteiger partial charge in [-0.15, -0.1) is 0 Å². The van der Waals surface area contributed by atoms with Gasteiger partial charge < -0.3 is 10.2 Å². The Labute approximate surface area is 79.3 Å². The van der Waals surface area contributed by atoms with Crippen LogP contribution in [0.1, 0.15) is 10.4 Å². The second kappa shape index (κ2) is 2.99. The van der Waals surface area contributed by atoms with Crippen molar-refractivity contribution in [3.63, 3.8) is 0 Å². The van der Waals surface area contributed by atoms with Crippen LogP contribution in [0, 0.1) is 0 Å². The average molecular weight is 189 g/mol. The molecule has 1 aromatic carbocycles. The van der Waals surface area contributed by atoms with Gasteiger partial charge >= 0.3 is 0 Å². The van der Waals surface area contributed by atoms with E-state index in [-0.39, 0.29) is 5.56 Å². The molecule has 70 valence electrons. The second-order valence-corrected chi connectivity index (χ2v) is 2.84. The quantitative estimate of drug-likeness (QED) is 0.567. The first-order chi connectivity index (χ1) is 6.70. The summed E-state index contributed by atoms with van der Waals surface area (Å²) < 4.78 is 5.09. The maximum atomic E-state index is 11.3. The first kappa shape index (κ1) is 8.50. The molecular formula is C10H7NO3. The topological polar surface area (TPSA) is 73.3 Å². The first-order valence-corrected chi connectivity index (χ1v) is 4.00. The van der Waals surface area contributed by atoms with Gasteiger partial charge in [0.1, 0.15) is 11.8 Å². The van der Waals surface area contributed by atoms with Crippen LogP contribution in [-0.4, -0.2) is 11.7 Å². The van der Waals surface area contributed by atoms with Crippen molar-refractivity contribution in [3.8, 4) is 0 Å². The normalized spacial score (nSPS) is 10.3. The Kier molecular flexibility index (Phi) is 1.81. The van der Waals surface area contributed by atoms with Crippen LogP contribution >= 0.6 is 0 Å². The molecular weight excluding hydrogens is 182 g/mol. The third-order valence-corrected chi connectivity index (χ3v) is 1.95. The summed E-state index contributed by atoms with van der Waals surface area (Å²) in [7, 11) is 0. The van der Waals surface area contributed by atoms with Crippen LogP contribution in [0.3, 0.4) is 0 Å². The largest absolute Gasteiger partial charge is 0.464 e. The molecule has 14 heavy (non-hydrogen) atoms. The standard InChI is InChI=1S/C10H7NO3/c11-10(13)9(12)7-5-14-8-4-2-1-3-6(7)8/h1-5H,(H2,11,13). The van der Waals surface area contributed by atoms with E-state index in [2.05, 4.69) is 0 Å². The molecule has 0 aliphatic heterocycles. The number of carbonyl (C=O) groups is 2. The number of furan rings is 1. The number of ketones is 1. The molecule has 0 aliphatic carbocycles. The summed E-state index contributed by atoms with van der Waals surface area (Å²) in [5, 5.41) is 0.608. The van der Waals surface area contributed by atoms with E-state index in [1.807, 2.05) is 0 Å². The number of para-hydroxylation sites is 1. The van der Waals surface area contributed by atoms with E-state index in [1.165, 1.54) is 6.26 Å². The van der Waals surface area contributed by atoms with Gasteiger partial charge in [-0.25, -0.2) is 0 Å². The number of carbonyl (C=O) groups excluding carboxylic acids is 2. The molecule has 0 saturated heterocycles. The highest BCUT2D eigenvalue weighted by atomic mass is 16.3. The summed E-state index contributed by atoms with van der Waals surface area (Å²) >= 11 is 0. The summed E-state index contributed by atoms with van der Waals surface area (Å²) in [5.41, 5.74) is 5.67. The molecule has 2 N–H and O–H groups in total. The highest BCUT2D eigenvalue weighted by Gasteiger charge is 2.17. The first-order valence-electron chi connectivity index (χ1n) is 4.00. The maximum Gasteiger partial charge on any atom is 0.289 e. The van der Waals surface area contributed by atoms with E-state index in [9.17, 15) is 9.59 Å². The fourth-order valence-corrected chi connectivity index (χ4v) is 1.29. The van der Waals surface area contributed by atoms with Gasteiger partial charge in [-0.1, -0.05) is 18.2 Å². The van der Waals surface area contributed by atoms with Gasteiger partial charge in [0.05, 0.1) is 5.56 Å². The lowest BCUT2D eigenvalue weighted by Crippen LogP contribution is -2.22. The Bertz CT molecular complexity index is 513. The Balaban J connectivity index is 2.64. The zero-order valence-electron chi connectivity index (χ0n) is 7.19. The minimum Gasteiger partial charge on any atom is -0.464 e. The maximum absolute atomic E-state index is 11.3. The van der Waals surface area contributed by atoms with Crippen molar-refractivity contribution in [1.82, 2.24) is 0 Å². The molecule has 0 saturated carbocycles. The number of primary amides is 1. The number of hydrogen-bond donors (Lipinski definition) is 1. The Morgan fingerprint density at radius 2 is 1.93 bits per heavy atom. The molecule has 4 heteroatoms. The van der Waals surface area contributed by atoms with E-state index in [0.29, 0.717) is 11.0 Å². The summed E-state index contributed by atoms with van der Waals surface area (Å²) in [6.45, 7) is 0. The van der Waals surface area contributed by atoms with Gasteiger partial charge in [-0.05, 0) is 6.07 Å². The van der Waals surface area contributed by atoms with E-state index < -0.39 is 11.7 Å². The molecule has 1 amide bonds. The van der Waals surface area contributed by atoms with Crippen molar-refractivity contribution in [1.29, 1.82) is 0 Å². The number of rotatable bonds is 2. The Morgan fingerprint density at radius 3 is 2.64 bits per heavy atom. The predicted octanol–water partition coefficient (Wildman–Crippen LogP) is 1.10. The second-order valence-electron chi connectivity index (χ2n) is 2.84. The lowest BCUT2D eigenvalue weighted by molar-refractivity contribution is -0.114. The molecule has 0 unspecified atom stereocenters. The van der Waals surface area contributed by atoms with Gasteiger partial charge in [0.2, 0.25) is 0 Å². The number of Topliss-reactive ketones (excluding diaryl/α,β-unsaturated/α-hetero) is 1. The molecule has 0 bridgehead atoms. The minimum atomic E-state index is -0.975. The lowest BCUT2D eigenvalue weighted by Gasteiger charge is -1.91. The summed E-state index contributed by atoms with van der Waals surface area (Å²) in [4.78, 5) is 22.0. The van der Waals surface area contributed by atoms with Crippen molar-refractivity contribution in [2.75, 3.05) is 0 Å². The molecule has 2 aromatic rings. The van der Waals surface area contributed by atoms with Crippen LogP contribution in [0.25, 0.3) is 11.0 Å². The average Bonchev–Trinajstić information content (AvgIpc) is 2.60. The van der Waals surface area contributed by atoms with Gasteiger partial charge in [0.25, 0.3) is 11.7 Å². The molecule has 0 atom stereocenters. The zero-order chi connectivity index (χ0) is 10.1. The highest BCUT2D eigenvalue weighted by molar-refractivity contribution is 6.44. The van der Waals surface area contributed by atoms with Crippen LogP contribution in [0.4, 0.5) is 0 Å². The molecule has 0 spiro atoms. The Morgan fingerprint density at radius 1 is 1.21 bits per heavy atom. The number of nitrogens with two attached hydrogens (primary N) is 1. The Hall–Kier alpha value is -2.10. The van der Waals surface area contributed by atoms with Gasteiger partial charge in [-0.2, -0.15) is 0 Å². The molecule has 0 aliphatic rings. The number of hydrogen-bond acceptors (Lipinski definition) is 3. The number of amides is 1. The fourth-order valence-electron chi connectivity index (χ4n) is 1.29. The van der Waals surface area contributed by atoms with Crippen LogP contribution in [0.2, 0.25) is 0 Å². The SMILES string of the molecule is NC(=O)C(=O)c1coc2ccccc12. The molecule has 2 rings (SSSR count). The summed E-state index contributed by atoms with van der Waals surface area (Å²) in [6, 6.07) is 6.96. The number of fused-ring (bicyclic) bond motifs is 1. The van der Waals surface area contributed by atoms with Crippen LogP contribution in [0.15, 0.2) is 34.9 Å². The molecule has 1 aromatic heterocycles. The molecule has 0 fully saturated rings. The van der Waals surface area contributed by atoms with Crippen molar-refractivity contribution < 1.29 is 14.0 Å². The van der Waals surface area contributed by atoms with E-state index in [1.54, 1.807) is 24.3 Å². The van der Waals surface area contributed by atoms with Gasteiger partial charge in [0, 0.05) is 5.39 Å². The third kappa shape index (κ3) is 1.17. The fraction of sp³-hybridized carbons (Fsp3) is 0. The van der Waals surface area contributed by atoms with Gasteiger partial charge in [-0.3, -0.25) is 9.59 Å². The molecule has 1 heterocycles. The monoisotopic (exact) mass is 189 g/mol. The molecule has 0 radical (unpaired) electrons. The highest BCUT2D eigenvalue weighted by Crippen LogP contribution is 2.20. The smallest absolute Gasteiger partial charge is 0.289 e. The summed E-state index contributed by atoms with van der Waals surface area (Å²) in [5.74, 6) is -1.70.